The van der Waals surface area contributed by atoms with Crippen molar-refractivity contribution < 1.29 is 23.9 Å². The van der Waals surface area contributed by atoms with Crippen molar-refractivity contribution in [2.24, 2.45) is 0 Å². The number of methoxy groups -OCH3 is 1. The number of fused-ring (bicyclic) bond motifs is 3. The average molecular weight is 436 g/mol. The third-order valence-corrected chi connectivity index (χ3v) is 6.33. The second-order valence-electron chi connectivity index (χ2n) is 7.16. The first-order chi connectivity index (χ1) is 15.0. The highest BCUT2D eigenvalue weighted by Crippen LogP contribution is 2.39. The number of amides is 1. The van der Waals surface area contributed by atoms with Gasteiger partial charge in [-0.1, -0.05) is 36.4 Å². The molecule has 1 aliphatic carbocycles. The highest BCUT2D eigenvalue weighted by atomic mass is 32.1. The van der Waals surface area contributed by atoms with Crippen molar-refractivity contribution in [2.45, 2.75) is 19.4 Å². The first-order valence-corrected chi connectivity index (χ1v) is 10.7. The largest absolute Gasteiger partial charge is 0.465 e. The van der Waals surface area contributed by atoms with E-state index >= 15 is 0 Å². The van der Waals surface area contributed by atoms with E-state index < -0.39 is 17.8 Å². The minimum absolute atomic E-state index is 0.266. The summed E-state index contributed by atoms with van der Waals surface area (Å²) in [4.78, 5) is 37.6. The first kappa shape index (κ1) is 20.8. The number of aryl methyl sites for hydroxylation is 2. The van der Waals surface area contributed by atoms with Gasteiger partial charge in [0.2, 0.25) is 0 Å². The maximum atomic E-state index is 12.4. The molecule has 0 radical (unpaired) electrons. The first-order valence-electron chi connectivity index (χ1n) is 9.87. The number of carbonyl (C=O) groups excluding carboxylic acids is 3. The van der Waals surface area contributed by atoms with Gasteiger partial charge in [-0.3, -0.25) is 4.79 Å². The van der Waals surface area contributed by atoms with Gasteiger partial charge >= 0.3 is 11.9 Å². The number of hydrogen-bond acceptors (Lipinski definition) is 6. The molecule has 158 valence electrons. The number of hydrogen-bond donors (Lipinski definition) is 1. The maximum absolute atomic E-state index is 12.4. The van der Waals surface area contributed by atoms with Crippen molar-refractivity contribution in [3.63, 3.8) is 0 Å². The second-order valence-corrected chi connectivity index (χ2v) is 8.22. The van der Waals surface area contributed by atoms with E-state index in [1.165, 1.54) is 29.6 Å². The predicted molar refractivity (Wildman–Crippen MR) is 117 cm³/mol. The van der Waals surface area contributed by atoms with Crippen molar-refractivity contribution in [3.8, 4) is 10.4 Å². The van der Waals surface area contributed by atoms with Crippen LogP contribution in [-0.4, -0.2) is 31.6 Å². The van der Waals surface area contributed by atoms with E-state index in [0.29, 0.717) is 10.4 Å². The van der Waals surface area contributed by atoms with Crippen LogP contribution in [0.4, 0.5) is 0 Å². The standard InChI is InChI=1S/C24H21NO5S/c1-29-23(27)17-8-6-15(7-9-17)13-25-21(26)14-30-24(28)20-12-18-11-10-16-4-2-3-5-19(16)22(18)31-20/h2-9,12H,10-11,13-14H2,1H3,(H,25,26). The highest BCUT2D eigenvalue weighted by Gasteiger charge is 2.22. The molecule has 0 unspecified atom stereocenters. The molecule has 7 heteroatoms. The van der Waals surface area contributed by atoms with Gasteiger partial charge in [0.25, 0.3) is 5.91 Å². The monoisotopic (exact) mass is 435 g/mol. The van der Waals surface area contributed by atoms with Crippen molar-refractivity contribution in [3.05, 3.63) is 81.7 Å². The Hall–Kier alpha value is -3.45. The summed E-state index contributed by atoms with van der Waals surface area (Å²) in [6.45, 7) is -0.0832. The normalized spacial score (nSPS) is 11.8. The third-order valence-electron chi connectivity index (χ3n) is 5.13. The van der Waals surface area contributed by atoms with Crippen molar-refractivity contribution in [1.82, 2.24) is 5.32 Å². The lowest BCUT2D eigenvalue weighted by molar-refractivity contribution is -0.124. The third kappa shape index (κ3) is 4.67. The van der Waals surface area contributed by atoms with Gasteiger partial charge in [-0.15, -0.1) is 11.3 Å². The summed E-state index contributed by atoms with van der Waals surface area (Å²) >= 11 is 1.41. The molecule has 31 heavy (non-hydrogen) atoms. The zero-order valence-electron chi connectivity index (χ0n) is 17.0. The molecule has 1 amide bonds. The molecular formula is C24H21NO5S. The molecule has 1 N–H and O–H groups in total. The van der Waals surface area contributed by atoms with Gasteiger partial charge in [-0.05, 0) is 53.3 Å². The molecule has 6 nitrogen and oxygen atoms in total. The molecule has 1 heterocycles. The fraction of sp³-hybridized carbons (Fsp3) is 0.208. The Bertz CT molecular complexity index is 1130. The van der Waals surface area contributed by atoms with Crippen LogP contribution in [-0.2, 0) is 33.7 Å². The van der Waals surface area contributed by atoms with Crippen LogP contribution in [0.3, 0.4) is 0 Å². The zero-order chi connectivity index (χ0) is 21.8. The number of thiophene rings is 1. The quantitative estimate of drug-likeness (QED) is 0.596. The van der Waals surface area contributed by atoms with Gasteiger partial charge in [-0.25, -0.2) is 9.59 Å². The topological polar surface area (TPSA) is 81.7 Å². The Balaban J connectivity index is 1.30. The lowest BCUT2D eigenvalue weighted by Crippen LogP contribution is -2.28. The molecule has 4 rings (SSSR count). The molecule has 2 aromatic carbocycles. The van der Waals surface area contributed by atoms with Gasteiger partial charge < -0.3 is 14.8 Å². The molecule has 0 atom stereocenters. The maximum Gasteiger partial charge on any atom is 0.348 e. The average Bonchev–Trinajstić information content (AvgIpc) is 3.26. The lowest BCUT2D eigenvalue weighted by Gasteiger charge is -2.15. The summed E-state index contributed by atoms with van der Waals surface area (Å²) in [6, 6.07) is 16.8. The number of ether oxygens (including phenoxy) is 2. The molecule has 0 saturated carbocycles. The van der Waals surface area contributed by atoms with Crippen LogP contribution in [0.5, 0.6) is 0 Å². The predicted octanol–water partition coefficient (Wildman–Crippen LogP) is 3.77. The van der Waals surface area contributed by atoms with Crippen LogP contribution in [0.2, 0.25) is 0 Å². The lowest BCUT2D eigenvalue weighted by atomic mass is 9.91. The Morgan fingerprint density at radius 3 is 2.48 bits per heavy atom. The van der Waals surface area contributed by atoms with Crippen LogP contribution in [0.1, 0.15) is 36.7 Å². The van der Waals surface area contributed by atoms with E-state index in [0.717, 1.165) is 28.8 Å². The molecular weight excluding hydrogens is 414 g/mol. The fourth-order valence-electron chi connectivity index (χ4n) is 3.50. The fourth-order valence-corrected chi connectivity index (χ4v) is 4.67. The van der Waals surface area contributed by atoms with Crippen molar-refractivity contribution in [1.29, 1.82) is 0 Å². The molecule has 0 fully saturated rings. The van der Waals surface area contributed by atoms with Crippen molar-refractivity contribution >= 4 is 29.2 Å². The summed E-state index contributed by atoms with van der Waals surface area (Å²) in [7, 11) is 1.32. The second kappa shape index (κ2) is 9.14. The van der Waals surface area contributed by atoms with E-state index in [-0.39, 0.29) is 13.2 Å². The Morgan fingerprint density at radius 1 is 0.968 bits per heavy atom. The molecule has 1 aliphatic rings. The van der Waals surface area contributed by atoms with Gasteiger partial charge in [0.05, 0.1) is 12.7 Å². The van der Waals surface area contributed by atoms with Crippen molar-refractivity contribution in [2.75, 3.05) is 13.7 Å². The van der Waals surface area contributed by atoms with Crippen LogP contribution in [0.25, 0.3) is 10.4 Å². The van der Waals surface area contributed by atoms with Gasteiger partial charge in [-0.2, -0.15) is 0 Å². The molecule has 0 saturated heterocycles. The molecule has 0 bridgehead atoms. The highest BCUT2D eigenvalue weighted by molar-refractivity contribution is 7.17. The molecule has 0 aliphatic heterocycles. The summed E-state index contributed by atoms with van der Waals surface area (Å²) in [5.74, 6) is -1.30. The van der Waals surface area contributed by atoms with Crippen LogP contribution < -0.4 is 5.32 Å². The SMILES string of the molecule is COC(=O)c1ccc(CNC(=O)COC(=O)c2cc3c(s2)-c2ccccc2CC3)cc1. The Morgan fingerprint density at radius 2 is 1.71 bits per heavy atom. The number of benzene rings is 2. The van der Waals surface area contributed by atoms with Gasteiger partial charge in [0, 0.05) is 11.4 Å². The minimum Gasteiger partial charge on any atom is -0.465 e. The van der Waals surface area contributed by atoms with Gasteiger partial charge in [0.15, 0.2) is 6.61 Å². The minimum atomic E-state index is -0.491. The van der Waals surface area contributed by atoms with E-state index in [1.807, 2.05) is 18.2 Å². The smallest absolute Gasteiger partial charge is 0.348 e. The van der Waals surface area contributed by atoms with E-state index in [2.05, 4.69) is 22.2 Å². The zero-order valence-corrected chi connectivity index (χ0v) is 17.8. The summed E-state index contributed by atoms with van der Waals surface area (Å²) in [5, 5.41) is 2.70. The molecule has 1 aromatic heterocycles. The molecule has 0 spiro atoms. The number of rotatable bonds is 6. The molecule has 3 aromatic rings. The van der Waals surface area contributed by atoms with Crippen LogP contribution >= 0.6 is 11.3 Å². The Labute approximate surface area is 183 Å². The van der Waals surface area contributed by atoms with Crippen LogP contribution in [0, 0.1) is 0 Å². The van der Waals surface area contributed by atoms with Crippen LogP contribution in [0.15, 0.2) is 54.6 Å². The number of esters is 2. The number of carbonyl (C=O) groups is 3. The van der Waals surface area contributed by atoms with E-state index in [1.54, 1.807) is 24.3 Å². The summed E-state index contributed by atoms with van der Waals surface area (Å²) in [5.41, 5.74) is 4.86. The Kier molecular flexibility index (Phi) is 6.13. The van der Waals surface area contributed by atoms with E-state index in [9.17, 15) is 14.4 Å². The van der Waals surface area contributed by atoms with Gasteiger partial charge in [0.1, 0.15) is 4.88 Å². The van der Waals surface area contributed by atoms with E-state index in [4.69, 9.17) is 4.74 Å². The summed E-state index contributed by atoms with van der Waals surface area (Å²) in [6.07, 6.45) is 1.85. The number of nitrogens with one attached hydrogen (secondary N) is 1. The summed E-state index contributed by atoms with van der Waals surface area (Å²) < 4.78 is 9.86.